The van der Waals surface area contributed by atoms with E-state index in [1.807, 2.05) is 32.0 Å². The Balaban J connectivity index is 1.60. The number of primary amides is 1. The van der Waals surface area contributed by atoms with Gasteiger partial charge in [0.15, 0.2) is 0 Å². The fraction of sp³-hybridized carbons (Fsp3) is 0.474. The van der Waals surface area contributed by atoms with E-state index in [-0.39, 0.29) is 12.3 Å². The van der Waals surface area contributed by atoms with E-state index in [0.717, 1.165) is 12.4 Å². The molecule has 27 heavy (non-hydrogen) atoms. The second-order valence-electron chi connectivity index (χ2n) is 6.91. The van der Waals surface area contributed by atoms with E-state index in [1.165, 1.54) is 5.56 Å². The second kappa shape index (κ2) is 8.30. The first-order valence-corrected chi connectivity index (χ1v) is 9.17. The molecule has 2 heterocycles. The highest BCUT2D eigenvalue weighted by molar-refractivity contribution is 5.87. The normalized spacial score (nSPS) is 17.9. The maximum atomic E-state index is 12.7. The number of amides is 2. The topological polar surface area (TPSA) is 97.4 Å². The zero-order valence-electron chi connectivity index (χ0n) is 15.8. The number of carbonyl (C=O) groups excluding carboxylic acids is 2. The van der Waals surface area contributed by atoms with Crippen molar-refractivity contribution in [2.75, 3.05) is 19.6 Å². The Morgan fingerprint density at radius 3 is 2.56 bits per heavy atom. The number of aryl methyl sites for hydroxylation is 3. The van der Waals surface area contributed by atoms with Crippen molar-refractivity contribution in [3.8, 4) is 0 Å². The number of nitrogens with two attached hydrogens (primary N) is 1. The van der Waals surface area contributed by atoms with Gasteiger partial charge in [-0.25, -0.2) is 9.67 Å². The van der Waals surface area contributed by atoms with E-state index >= 15 is 0 Å². The van der Waals surface area contributed by atoms with Gasteiger partial charge in [-0.05, 0) is 19.4 Å². The molecule has 1 aromatic carbocycles. The number of nitrogens with zero attached hydrogens (tertiary/aromatic N) is 5. The molecule has 8 nitrogen and oxygen atoms in total. The molecule has 0 bridgehead atoms. The number of aromatic nitrogens is 3. The van der Waals surface area contributed by atoms with Crippen molar-refractivity contribution in [1.82, 2.24) is 24.6 Å². The summed E-state index contributed by atoms with van der Waals surface area (Å²) in [6, 6.07) is 9.47. The van der Waals surface area contributed by atoms with Gasteiger partial charge in [0.25, 0.3) is 0 Å². The molecule has 0 aliphatic carbocycles. The van der Waals surface area contributed by atoms with E-state index in [2.05, 4.69) is 27.1 Å². The Morgan fingerprint density at radius 2 is 1.93 bits per heavy atom. The standard InChI is InChI=1S/C19H26N6O2/c1-14-21-15(2)25(22-14)9-8-18(26)24-11-10-23(13-17(24)19(20)27)12-16-6-4-3-5-7-16/h3-7,17H,8-13H2,1-2H3,(H2,20,27). The Hall–Kier alpha value is -2.74. The third-order valence-corrected chi connectivity index (χ3v) is 4.86. The van der Waals surface area contributed by atoms with E-state index in [9.17, 15) is 9.59 Å². The lowest BCUT2D eigenvalue weighted by Gasteiger charge is -2.40. The zero-order chi connectivity index (χ0) is 19.4. The monoisotopic (exact) mass is 370 g/mol. The lowest BCUT2D eigenvalue weighted by Crippen LogP contribution is -2.59. The summed E-state index contributed by atoms with van der Waals surface area (Å²) in [7, 11) is 0. The average Bonchev–Trinajstić information content (AvgIpc) is 2.97. The lowest BCUT2D eigenvalue weighted by molar-refractivity contribution is -0.143. The van der Waals surface area contributed by atoms with Gasteiger partial charge in [-0.1, -0.05) is 30.3 Å². The summed E-state index contributed by atoms with van der Waals surface area (Å²) >= 11 is 0. The third-order valence-electron chi connectivity index (χ3n) is 4.86. The quantitative estimate of drug-likeness (QED) is 0.798. The van der Waals surface area contributed by atoms with Gasteiger partial charge in [0.05, 0.1) is 6.54 Å². The van der Waals surface area contributed by atoms with Crippen molar-refractivity contribution in [2.45, 2.75) is 39.4 Å². The van der Waals surface area contributed by atoms with Crippen LogP contribution in [-0.2, 0) is 22.7 Å². The van der Waals surface area contributed by atoms with Crippen LogP contribution in [0.5, 0.6) is 0 Å². The molecule has 1 unspecified atom stereocenters. The summed E-state index contributed by atoms with van der Waals surface area (Å²) in [5, 5.41) is 4.28. The summed E-state index contributed by atoms with van der Waals surface area (Å²) < 4.78 is 1.72. The molecule has 2 amide bonds. The number of hydrogen-bond acceptors (Lipinski definition) is 5. The number of carbonyl (C=O) groups is 2. The molecular formula is C19H26N6O2. The summed E-state index contributed by atoms with van der Waals surface area (Å²) in [5.74, 6) is 0.920. The van der Waals surface area contributed by atoms with Gasteiger partial charge in [0, 0.05) is 32.6 Å². The van der Waals surface area contributed by atoms with Crippen molar-refractivity contribution >= 4 is 11.8 Å². The van der Waals surface area contributed by atoms with Crippen LogP contribution in [0.4, 0.5) is 0 Å². The predicted molar refractivity (Wildman–Crippen MR) is 101 cm³/mol. The van der Waals surface area contributed by atoms with Crippen LogP contribution in [0, 0.1) is 13.8 Å². The van der Waals surface area contributed by atoms with E-state index in [0.29, 0.717) is 32.0 Å². The van der Waals surface area contributed by atoms with Crippen LogP contribution in [0.25, 0.3) is 0 Å². The molecule has 8 heteroatoms. The van der Waals surface area contributed by atoms with Gasteiger partial charge < -0.3 is 10.6 Å². The molecule has 1 aromatic heterocycles. The van der Waals surface area contributed by atoms with Crippen molar-refractivity contribution in [3.63, 3.8) is 0 Å². The molecule has 1 saturated heterocycles. The Labute approximate surface area is 159 Å². The van der Waals surface area contributed by atoms with Crippen LogP contribution in [0.1, 0.15) is 23.6 Å². The molecule has 2 aromatic rings. The summed E-state index contributed by atoms with van der Waals surface area (Å²) in [6.45, 7) is 6.53. The molecule has 2 N–H and O–H groups in total. The van der Waals surface area contributed by atoms with Crippen LogP contribution in [0.3, 0.4) is 0 Å². The number of benzene rings is 1. The predicted octanol–water partition coefficient (Wildman–Crippen LogP) is 0.483. The first kappa shape index (κ1) is 19.0. The van der Waals surface area contributed by atoms with E-state index in [4.69, 9.17) is 5.73 Å². The summed E-state index contributed by atoms with van der Waals surface area (Å²) in [5.41, 5.74) is 6.78. The molecular weight excluding hydrogens is 344 g/mol. The molecule has 1 aliphatic rings. The highest BCUT2D eigenvalue weighted by atomic mass is 16.2. The Bertz CT molecular complexity index is 804. The summed E-state index contributed by atoms with van der Waals surface area (Å²) in [6.07, 6.45) is 0.270. The second-order valence-corrected chi connectivity index (χ2v) is 6.91. The maximum absolute atomic E-state index is 12.7. The summed E-state index contributed by atoms with van der Waals surface area (Å²) in [4.78, 5) is 32.7. The first-order valence-electron chi connectivity index (χ1n) is 9.17. The van der Waals surface area contributed by atoms with Crippen LogP contribution < -0.4 is 5.73 Å². The molecule has 1 atom stereocenters. The van der Waals surface area contributed by atoms with Crippen molar-refractivity contribution in [2.24, 2.45) is 5.73 Å². The molecule has 0 saturated carbocycles. The highest BCUT2D eigenvalue weighted by Crippen LogP contribution is 2.15. The third kappa shape index (κ3) is 4.71. The molecule has 3 rings (SSSR count). The largest absolute Gasteiger partial charge is 0.368 e. The van der Waals surface area contributed by atoms with Crippen LogP contribution in [-0.4, -0.2) is 62.1 Å². The molecule has 1 aliphatic heterocycles. The van der Waals surface area contributed by atoms with Gasteiger partial charge in [-0.2, -0.15) is 5.10 Å². The maximum Gasteiger partial charge on any atom is 0.241 e. The number of piperazine rings is 1. The van der Waals surface area contributed by atoms with Crippen LogP contribution in [0.2, 0.25) is 0 Å². The zero-order valence-corrected chi connectivity index (χ0v) is 15.8. The number of hydrogen-bond donors (Lipinski definition) is 1. The van der Waals surface area contributed by atoms with Crippen molar-refractivity contribution < 1.29 is 9.59 Å². The fourth-order valence-corrected chi connectivity index (χ4v) is 3.48. The first-order chi connectivity index (χ1) is 12.9. The minimum atomic E-state index is -0.603. The Morgan fingerprint density at radius 1 is 1.19 bits per heavy atom. The van der Waals surface area contributed by atoms with Crippen molar-refractivity contribution in [1.29, 1.82) is 0 Å². The van der Waals surface area contributed by atoms with Gasteiger partial charge in [0.1, 0.15) is 17.7 Å². The van der Waals surface area contributed by atoms with Gasteiger partial charge in [-0.3, -0.25) is 14.5 Å². The van der Waals surface area contributed by atoms with Gasteiger partial charge in [-0.15, -0.1) is 0 Å². The SMILES string of the molecule is Cc1nc(C)n(CCC(=O)N2CCN(Cc3ccccc3)CC2C(N)=O)n1. The minimum Gasteiger partial charge on any atom is -0.368 e. The van der Waals surface area contributed by atoms with Gasteiger partial charge >= 0.3 is 0 Å². The highest BCUT2D eigenvalue weighted by Gasteiger charge is 2.33. The smallest absolute Gasteiger partial charge is 0.241 e. The molecule has 144 valence electrons. The van der Waals surface area contributed by atoms with Crippen molar-refractivity contribution in [3.05, 3.63) is 47.5 Å². The van der Waals surface area contributed by atoms with E-state index < -0.39 is 11.9 Å². The Kier molecular flexibility index (Phi) is 5.85. The lowest BCUT2D eigenvalue weighted by atomic mass is 10.1. The van der Waals surface area contributed by atoms with Crippen LogP contribution in [0.15, 0.2) is 30.3 Å². The minimum absolute atomic E-state index is 0.0780. The molecule has 0 radical (unpaired) electrons. The van der Waals surface area contributed by atoms with Gasteiger partial charge in [0.2, 0.25) is 11.8 Å². The molecule has 0 spiro atoms. The van der Waals surface area contributed by atoms with E-state index in [1.54, 1.807) is 9.58 Å². The number of rotatable bonds is 6. The fourth-order valence-electron chi connectivity index (χ4n) is 3.48. The average molecular weight is 370 g/mol. The molecule has 1 fully saturated rings. The van der Waals surface area contributed by atoms with Crippen LogP contribution >= 0.6 is 0 Å².